The van der Waals surface area contributed by atoms with Gasteiger partial charge in [0.25, 0.3) is 0 Å². The molecule has 0 aromatic carbocycles. The van der Waals surface area contributed by atoms with E-state index in [1.54, 1.807) is 6.07 Å². The number of hydrogen-bond donors (Lipinski definition) is 0. The van der Waals surface area contributed by atoms with Crippen LogP contribution in [0.5, 0.6) is 0 Å². The Morgan fingerprint density at radius 2 is 2.14 bits per heavy atom. The second-order valence-corrected chi connectivity index (χ2v) is 4.23. The van der Waals surface area contributed by atoms with Crippen LogP contribution in [0.25, 0.3) is 10.2 Å². The van der Waals surface area contributed by atoms with Gasteiger partial charge in [0.05, 0.1) is 10.8 Å². The highest BCUT2D eigenvalue weighted by Gasteiger charge is 2.06. The summed E-state index contributed by atoms with van der Waals surface area (Å²) in [5.74, 6) is -1.13. The summed E-state index contributed by atoms with van der Waals surface area (Å²) in [5, 5.41) is 11.5. The highest BCUT2D eigenvalue weighted by atomic mass is 32.1. The van der Waals surface area contributed by atoms with Crippen LogP contribution in [-0.2, 0) is 0 Å². The number of carboxylic acids is 1. The van der Waals surface area contributed by atoms with E-state index in [1.807, 2.05) is 19.9 Å². The zero-order chi connectivity index (χ0) is 10.3. The molecule has 0 aliphatic heterocycles. The Morgan fingerprint density at radius 1 is 1.43 bits per heavy atom. The summed E-state index contributed by atoms with van der Waals surface area (Å²) >= 11 is 1.16. The Kier molecular flexibility index (Phi) is 2.00. The Labute approximate surface area is 85.0 Å². The van der Waals surface area contributed by atoms with Gasteiger partial charge in [0.2, 0.25) is 0 Å². The lowest BCUT2D eigenvalue weighted by atomic mass is 10.2. The van der Waals surface area contributed by atoms with Crippen molar-refractivity contribution in [3.8, 4) is 0 Å². The van der Waals surface area contributed by atoms with E-state index in [0.717, 1.165) is 32.8 Å². The van der Waals surface area contributed by atoms with Gasteiger partial charge in [-0.25, -0.2) is 4.98 Å². The van der Waals surface area contributed by atoms with Gasteiger partial charge in [0.1, 0.15) is 4.83 Å². The monoisotopic (exact) mass is 206 g/mol. The van der Waals surface area contributed by atoms with Crippen LogP contribution in [0.15, 0.2) is 12.1 Å². The lowest BCUT2D eigenvalue weighted by Gasteiger charge is -1.96. The molecule has 0 saturated carbocycles. The van der Waals surface area contributed by atoms with Gasteiger partial charge in [-0.2, -0.15) is 0 Å². The van der Waals surface area contributed by atoms with Gasteiger partial charge in [-0.1, -0.05) is 0 Å². The van der Waals surface area contributed by atoms with Crippen molar-refractivity contribution in [3.05, 3.63) is 28.3 Å². The Bertz CT molecular complexity index is 516. The molecule has 14 heavy (non-hydrogen) atoms. The van der Waals surface area contributed by atoms with Crippen LogP contribution in [0.3, 0.4) is 0 Å². The molecule has 0 radical (unpaired) electrons. The first kappa shape index (κ1) is 9.15. The van der Waals surface area contributed by atoms with Gasteiger partial charge >= 0.3 is 0 Å². The first-order valence-corrected chi connectivity index (χ1v) is 4.98. The van der Waals surface area contributed by atoms with Gasteiger partial charge in [0, 0.05) is 11.1 Å². The number of carbonyl (C=O) groups excluding carboxylic acids is 1. The van der Waals surface area contributed by atoms with Crippen LogP contribution in [0.1, 0.15) is 20.9 Å². The molecule has 0 atom stereocenters. The highest BCUT2D eigenvalue weighted by molar-refractivity contribution is 7.20. The van der Waals surface area contributed by atoms with Crippen molar-refractivity contribution in [2.75, 3.05) is 0 Å². The molecule has 0 bridgehead atoms. The van der Waals surface area contributed by atoms with Crippen LogP contribution in [0.2, 0.25) is 0 Å². The van der Waals surface area contributed by atoms with Crippen molar-refractivity contribution in [1.29, 1.82) is 0 Å². The molecule has 0 aliphatic carbocycles. The highest BCUT2D eigenvalue weighted by Crippen LogP contribution is 2.26. The number of carbonyl (C=O) groups is 1. The molecule has 2 rings (SSSR count). The van der Waals surface area contributed by atoms with E-state index >= 15 is 0 Å². The standard InChI is InChI=1S/C10H9NO2S/c1-5-3-6(2)11-9-7(5)4-8(14-9)10(12)13/h3-4H,1-2H3,(H,12,13)/p-1. The lowest BCUT2D eigenvalue weighted by molar-refractivity contribution is -0.254. The van der Waals surface area contributed by atoms with Crippen molar-refractivity contribution in [2.45, 2.75) is 13.8 Å². The van der Waals surface area contributed by atoms with Gasteiger partial charge in [-0.3, -0.25) is 0 Å². The van der Waals surface area contributed by atoms with Crippen molar-refractivity contribution in [2.24, 2.45) is 0 Å². The smallest absolute Gasteiger partial charge is 0.124 e. The Morgan fingerprint density at radius 3 is 2.79 bits per heavy atom. The fraction of sp³-hybridized carbons (Fsp3) is 0.200. The normalized spacial score (nSPS) is 10.7. The summed E-state index contributed by atoms with van der Waals surface area (Å²) in [7, 11) is 0. The minimum Gasteiger partial charge on any atom is -0.544 e. The average molecular weight is 206 g/mol. The van der Waals surface area contributed by atoms with Gasteiger partial charge in [-0.15, -0.1) is 11.3 Å². The number of nitrogens with zero attached hydrogens (tertiary/aromatic N) is 1. The maximum atomic E-state index is 10.6. The lowest BCUT2D eigenvalue weighted by Crippen LogP contribution is -2.20. The van der Waals surface area contributed by atoms with E-state index in [2.05, 4.69) is 4.98 Å². The molecule has 0 amide bonds. The molecule has 0 fully saturated rings. The van der Waals surface area contributed by atoms with E-state index in [1.165, 1.54) is 0 Å². The number of hydrogen-bond acceptors (Lipinski definition) is 4. The largest absolute Gasteiger partial charge is 0.544 e. The number of carboxylic acid groups (broad SMARTS) is 1. The van der Waals surface area contributed by atoms with Crippen molar-refractivity contribution < 1.29 is 9.90 Å². The second-order valence-electron chi connectivity index (χ2n) is 3.20. The molecule has 3 nitrogen and oxygen atoms in total. The molecule has 0 aliphatic rings. The predicted molar refractivity (Wildman–Crippen MR) is 53.4 cm³/mol. The molecule has 0 saturated heterocycles. The van der Waals surface area contributed by atoms with E-state index in [4.69, 9.17) is 0 Å². The van der Waals surface area contributed by atoms with E-state index in [-0.39, 0.29) is 4.88 Å². The third-order valence-electron chi connectivity index (χ3n) is 2.04. The number of pyridine rings is 1. The first-order chi connectivity index (χ1) is 6.58. The average Bonchev–Trinajstić information content (AvgIpc) is 2.47. The van der Waals surface area contributed by atoms with Crippen LogP contribution in [-0.4, -0.2) is 11.0 Å². The minimum absolute atomic E-state index is 0.237. The van der Waals surface area contributed by atoms with E-state index in [0.29, 0.717) is 0 Å². The maximum Gasteiger partial charge on any atom is 0.124 e. The van der Waals surface area contributed by atoms with Crippen LogP contribution in [0.4, 0.5) is 0 Å². The fourth-order valence-electron chi connectivity index (χ4n) is 1.43. The number of rotatable bonds is 1. The summed E-state index contributed by atoms with van der Waals surface area (Å²) in [6.07, 6.45) is 0. The topological polar surface area (TPSA) is 53.0 Å². The number of fused-ring (bicyclic) bond motifs is 1. The van der Waals surface area contributed by atoms with E-state index < -0.39 is 5.97 Å². The molecule has 0 N–H and O–H groups in total. The predicted octanol–water partition coefficient (Wildman–Crippen LogP) is 1.28. The molecule has 72 valence electrons. The number of aromatic nitrogens is 1. The quantitative estimate of drug-likeness (QED) is 0.706. The van der Waals surface area contributed by atoms with Crippen LogP contribution in [0, 0.1) is 13.8 Å². The number of thiophene rings is 1. The zero-order valence-corrected chi connectivity index (χ0v) is 8.64. The summed E-state index contributed by atoms with van der Waals surface area (Å²) in [6, 6.07) is 3.56. The fourth-order valence-corrected chi connectivity index (χ4v) is 2.42. The zero-order valence-electron chi connectivity index (χ0n) is 7.83. The van der Waals surface area contributed by atoms with Gasteiger partial charge in [0.15, 0.2) is 0 Å². The molecule has 2 aromatic rings. The van der Waals surface area contributed by atoms with Crippen molar-refractivity contribution in [3.63, 3.8) is 0 Å². The summed E-state index contributed by atoms with van der Waals surface area (Å²) in [6.45, 7) is 3.84. The number of aryl methyl sites for hydroxylation is 2. The first-order valence-electron chi connectivity index (χ1n) is 4.17. The third kappa shape index (κ3) is 1.37. The Hall–Kier alpha value is -1.42. The van der Waals surface area contributed by atoms with Gasteiger partial charge < -0.3 is 9.90 Å². The molecular formula is C10H8NO2S-. The number of aromatic carboxylic acids is 1. The SMILES string of the molecule is Cc1cc(C)c2cc(C(=O)[O-])sc2n1. The van der Waals surface area contributed by atoms with Crippen molar-refractivity contribution in [1.82, 2.24) is 4.98 Å². The summed E-state index contributed by atoms with van der Waals surface area (Å²) < 4.78 is 0. The molecule has 0 unspecified atom stereocenters. The molecule has 2 heterocycles. The minimum atomic E-state index is -1.13. The molecular weight excluding hydrogens is 198 g/mol. The van der Waals surface area contributed by atoms with Gasteiger partial charge in [-0.05, 0) is 31.5 Å². The third-order valence-corrected chi connectivity index (χ3v) is 3.05. The van der Waals surface area contributed by atoms with Crippen LogP contribution < -0.4 is 5.11 Å². The maximum absolute atomic E-state index is 10.6. The summed E-state index contributed by atoms with van der Waals surface area (Å²) in [4.78, 5) is 15.9. The Balaban J connectivity index is 2.76. The molecule has 2 aromatic heterocycles. The van der Waals surface area contributed by atoms with Crippen LogP contribution >= 0.6 is 11.3 Å². The summed E-state index contributed by atoms with van der Waals surface area (Å²) in [5.41, 5.74) is 1.96. The molecule has 0 spiro atoms. The molecule has 4 heteroatoms. The van der Waals surface area contributed by atoms with Crippen molar-refractivity contribution >= 4 is 27.5 Å². The second kappa shape index (κ2) is 3.06. The van der Waals surface area contributed by atoms with E-state index in [9.17, 15) is 9.90 Å².